The van der Waals surface area contributed by atoms with Gasteiger partial charge in [0.2, 0.25) is 0 Å². The molecule has 4 nitrogen and oxygen atoms in total. The third-order valence-electron chi connectivity index (χ3n) is 3.31. The average Bonchev–Trinajstić information content (AvgIpc) is 2.40. The summed E-state index contributed by atoms with van der Waals surface area (Å²) < 4.78 is 37.5. The van der Waals surface area contributed by atoms with Crippen molar-refractivity contribution in [3.63, 3.8) is 0 Å². The lowest BCUT2D eigenvalue weighted by molar-refractivity contribution is -0.0329. The predicted octanol–water partition coefficient (Wildman–Crippen LogP) is 2.99. The lowest BCUT2D eigenvalue weighted by Gasteiger charge is -2.30. The number of hydrogen-bond acceptors (Lipinski definition) is 4. The van der Waals surface area contributed by atoms with Gasteiger partial charge >= 0.3 is 5.51 Å². The van der Waals surface area contributed by atoms with Crippen LogP contribution in [0, 0.1) is 0 Å². The Morgan fingerprint density at radius 1 is 1.50 bits per heavy atom. The Hall–Kier alpha value is -0.990. The van der Waals surface area contributed by atoms with Gasteiger partial charge in [-0.3, -0.25) is 4.79 Å². The van der Waals surface area contributed by atoms with E-state index in [1.165, 1.54) is 18.3 Å². The number of piperidine rings is 1. The number of carbonyl (C=O) groups is 1. The fourth-order valence-electron chi connectivity index (χ4n) is 2.24. The smallest absolute Gasteiger partial charge is 0.348 e. The zero-order valence-electron chi connectivity index (χ0n) is 11.8. The largest absolute Gasteiger partial charge is 0.447 e. The van der Waals surface area contributed by atoms with Crippen molar-refractivity contribution >= 4 is 30.1 Å². The summed E-state index contributed by atoms with van der Waals surface area (Å²) in [5, 5.41) is 5.69. The zero-order valence-corrected chi connectivity index (χ0v) is 13.4. The number of nitrogens with zero attached hydrogens (tertiary/aromatic N) is 1. The van der Waals surface area contributed by atoms with Gasteiger partial charge in [0, 0.05) is 30.0 Å². The normalized spacial score (nSPS) is 21.8. The summed E-state index contributed by atoms with van der Waals surface area (Å²) in [6, 6.07) is 2.82. The molecule has 1 aromatic rings. The van der Waals surface area contributed by atoms with Gasteiger partial charge in [-0.05, 0) is 38.4 Å². The molecule has 1 saturated heterocycles. The van der Waals surface area contributed by atoms with Crippen molar-refractivity contribution in [2.24, 2.45) is 0 Å². The highest BCUT2D eigenvalue weighted by atomic mass is 35.5. The minimum Gasteiger partial charge on any atom is -0.348 e. The fraction of sp³-hybridized carbons (Fsp3) is 0.538. The molecule has 1 aliphatic heterocycles. The number of pyridine rings is 1. The van der Waals surface area contributed by atoms with Crippen molar-refractivity contribution < 1.29 is 18.0 Å². The van der Waals surface area contributed by atoms with Crippen molar-refractivity contribution in [2.45, 2.75) is 42.4 Å². The van der Waals surface area contributed by atoms with E-state index in [1.54, 1.807) is 0 Å². The van der Waals surface area contributed by atoms with E-state index in [0.717, 1.165) is 19.4 Å². The zero-order chi connectivity index (χ0) is 15.5. The van der Waals surface area contributed by atoms with Crippen LogP contribution in [0.3, 0.4) is 0 Å². The first kappa shape index (κ1) is 19.1. The van der Waals surface area contributed by atoms with Crippen LogP contribution in [-0.4, -0.2) is 35.0 Å². The quantitative estimate of drug-likeness (QED) is 0.818. The maximum atomic E-state index is 12.5. The minimum absolute atomic E-state index is 0. The SMILES string of the molecule is CC1NCCCC1NC(=O)c1cccnc1SC(F)(F)F.Cl. The van der Waals surface area contributed by atoms with Gasteiger partial charge in [0.15, 0.2) is 0 Å². The first-order chi connectivity index (χ1) is 9.87. The number of alkyl halides is 3. The van der Waals surface area contributed by atoms with E-state index in [0.29, 0.717) is 0 Å². The van der Waals surface area contributed by atoms with Gasteiger partial charge in [-0.15, -0.1) is 12.4 Å². The van der Waals surface area contributed by atoms with Crippen LogP contribution in [-0.2, 0) is 0 Å². The first-order valence-corrected chi connectivity index (χ1v) is 7.43. The summed E-state index contributed by atoms with van der Waals surface area (Å²) in [4.78, 5) is 15.9. The van der Waals surface area contributed by atoms with Crippen LogP contribution in [0.2, 0.25) is 0 Å². The molecule has 9 heteroatoms. The van der Waals surface area contributed by atoms with Gasteiger partial charge in [-0.1, -0.05) is 0 Å². The molecule has 2 rings (SSSR count). The number of carbonyl (C=O) groups excluding carboxylic acids is 1. The number of nitrogens with one attached hydrogen (secondary N) is 2. The molecule has 1 amide bonds. The third-order valence-corrected chi connectivity index (χ3v) is 4.06. The Kier molecular flexibility index (Phi) is 6.96. The molecule has 124 valence electrons. The second kappa shape index (κ2) is 8.03. The molecule has 0 saturated carbocycles. The monoisotopic (exact) mass is 355 g/mol. The minimum atomic E-state index is -4.47. The van der Waals surface area contributed by atoms with Gasteiger partial charge in [0.25, 0.3) is 5.91 Å². The van der Waals surface area contributed by atoms with E-state index in [-0.39, 0.29) is 46.8 Å². The van der Waals surface area contributed by atoms with Crippen LogP contribution >= 0.6 is 24.2 Å². The maximum Gasteiger partial charge on any atom is 0.447 e. The lowest BCUT2D eigenvalue weighted by Crippen LogP contribution is -2.52. The molecular weight excluding hydrogens is 339 g/mol. The topological polar surface area (TPSA) is 54.0 Å². The first-order valence-electron chi connectivity index (χ1n) is 6.62. The van der Waals surface area contributed by atoms with E-state index in [2.05, 4.69) is 15.6 Å². The number of halogens is 4. The molecule has 2 atom stereocenters. The van der Waals surface area contributed by atoms with Crippen molar-refractivity contribution in [3.8, 4) is 0 Å². The highest BCUT2D eigenvalue weighted by molar-refractivity contribution is 8.00. The molecular formula is C13H17ClF3N3OS. The fourth-order valence-corrected chi connectivity index (χ4v) is 2.85. The number of aromatic nitrogens is 1. The Labute approximate surface area is 137 Å². The van der Waals surface area contributed by atoms with Crippen LogP contribution in [0.1, 0.15) is 30.1 Å². The summed E-state index contributed by atoms with van der Waals surface area (Å²) in [7, 11) is 0. The summed E-state index contributed by atoms with van der Waals surface area (Å²) in [5.41, 5.74) is -4.51. The van der Waals surface area contributed by atoms with Crippen molar-refractivity contribution in [3.05, 3.63) is 23.9 Å². The molecule has 0 aliphatic carbocycles. The van der Waals surface area contributed by atoms with Crippen LogP contribution in [0.5, 0.6) is 0 Å². The van der Waals surface area contributed by atoms with Crippen molar-refractivity contribution in [2.75, 3.05) is 6.54 Å². The predicted molar refractivity (Wildman–Crippen MR) is 81.3 cm³/mol. The standard InChI is InChI=1S/C13H16F3N3OS.ClH/c1-8-10(5-3-6-17-8)19-11(20)9-4-2-7-18-12(9)21-13(14,15)16;/h2,4,7-8,10,17H,3,5-6H2,1H3,(H,19,20);1H. The summed E-state index contributed by atoms with van der Waals surface area (Å²) in [6.07, 6.45) is 2.98. The van der Waals surface area contributed by atoms with Crippen molar-refractivity contribution in [1.82, 2.24) is 15.6 Å². The van der Waals surface area contributed by atoms with Gasteiger partial charge in [-0.25, -0.2) is 4.98 Å². The Morgan fingerprint density at radius 3 is 2.86 bits per heavy atom. The molecule has 2 unspecified atom stereocenters. The molecule has 2 N–H and O–H groups in total. The number of thioether (sulfide) groups is 1. The summed E-state index contributed by atoms with van der Waals surface area (Å²) in [5.74, 6) is -0.518. The highest BCUT2D eigenvalue weighted by Gasteiger charge is 2.33. The number of rotatable bonds is 3. The van der Waals surface area contributed by atoms with Gasteiger partial charge in [-0.2, -0.15) is 13.2 Å². The molecule has 0 radical (unpaired) electrons. The van der Waals surface area contributed by atoms with Crippen LogP contribution < -0.4 is 10.6 Å². The van der Waals surface area contributed by atoms with E-state index in [9.17, 15) is 18.0 Å². The number of hydrogen-bond donors (Lipinski definition) is 2. The van der Waals surface area contributed by atoms with Crippen LogP contribution in [0.4, 0.5) is 13.2 Å². The number of amides is 1. The Balaban J connectivity index is 0.00000242. The van der Waals surface area contributed by atoms with Gasteiger partial charge in [0.05, 0.1) is 5.56 Å². The lowest BCUT2D eigenvalue weighted by atomic mass is 9.99. The van der Waals surface area contributed by atoms with E-state index in [1.807, 2.05) is 6.92 Å². The third kappa shape index (κ3) is 5.33. The molecule has 1 fully saturated rings. The Morgan fingerprint density at radius 2 is 2.23 bits per heavy atom. The van der Waals surface area contributed by atoms with Gasteiger partial charge in [0.1, 0.15) is 5.03 Å². The highest BCUT2D eigenvalue weighted by Crippen LogP contribution is 2.37. The van der Waals surface area contributed by atoms with Crippen LogP contribution in [0.15, 0.2) is 23.4 Å². The second-order valence-electron chi connectivity index (χ2n) is 4.87. The maximum absolute atomic E-state index is 12.5. The molecule has 0 aromatic carbocycles. The van der Waals surface area contributed by atoms with Gasteiger partial charge < -0.3 is 10.6 Å². The molecule has 0 bridgehead atoms. The molecule has 1 aromatic heterocycles. The molecule has 22 heavy (non-hydrogen) atoms. The second-order valence-corrected chi connectivity index (χ2v) is 5.92. The van der Waals surface area contributed by atoms with E-state index >= 15 is 0 Å². The van der Waals surface area contributed by atoms with E-state index in [4.69, 9.17) is 0 Å². The van der Waals surface area contributed by atoms with Crippen LogP contribution in [0.25, 0.3) is 0 Å². The summed E-state index contributed by atoms with van der Waals surface area (Å²) >= 11 is -0.369. The molecule has 2 heterocycles. The molecule has 1 aliphatic rings. The Bertz CT molecular complexity index is 516. The average molecular weight is 356 g/mol. The molecule has 0 spiro atoms. The van der Waals surface area contributed by atoms with E-state index < -0.39 is 11.4 Å². The summed E-state index contributed by atoms with van der Waals surface area (Å²) in [6.45, 7) is 2.83. The van der Waals surface area contributed by atoms with Crippen molar-refractivity contribution in [1.29, 1.82) is 0 Å².